The Bertz CT molecular complexity index is 671. The quantitative estimate of drug-likeness (QED) is 0.855. The highest BCUT2D eigenvalue weighted by Gasteiger charge is 2.19. The third kappa shape index (κ3) is 2.99. The second kappa shape index (κ2) is 5.95. The van der Waals surface area contributed by atoms with Crippen LogP contribution in [0.3, 0.4) is 0 Å². The number of hydrogen-bond acceptors (Lipinski definition) is 4. The first-order valence-corrected chi connectivity index (χ1v) is 7.56. The average Bonchev–Trinajstić information content (AvgIpc) is 2.51. The average molecular weight is 286 g/mol. The number of benzene rings is 1. The van der Waals surface area contributed by atoms with Gasteiger partial charge in [0.15, 0.2) is 0 Å². The molecule has 0 N–H and O–H groups in total. The van der Waals surface area contributed by atoms with E-state index in [0.717, 1.165) is 31.7 Å². The maximum atomic E-state index is 12.5. The van der Waals surface area contributed by atoms with Crippen LogP contribution in [-0.2, 0) is 6.67 Å². The van der Waals surface area contributed by atoms with Crippen molar-refractivity contribution in [1.29, 1.82) is 0 Å². The molecule has 0 spiro atoms. The number of para-hydroxylation sites is 1. The van der Waals surface area contributed by atoms with E-state index >= 15 is 0 Å². The van der Waals surface area contributed by atoms with Gasteiger partial charge in [0, 0.05) is 32.2 Å². The minimum Gasteiger partial charge on any atom is -0.298 e. The van der Waals surface area contributed by atoms with Crippen molar-refractivity contribution in [1.82, 2.24) is 19.4 Å². The Hall–Kier alpha value is -1.72. The molecule has 1 aliphatic heterocycles. The Morgan fingerprint density at radius 1 is 1.14 bits per heavy atom. The van der Waals surface area contributed by atoms with Gasteiger partial charge in [-0.05, 0) is 26.0 Å². The normalized spacial score (nSPS) is 17.7. The second-order valence-corrected chi connectivity index (χ2v) is 5.93. The number of piperazine rings is 1. The number of aromatic nitrogens is 2. The fourth-order valence-electron chi connectivity index (χ4n) is 2.84. The van der Waals surface area contributed by atoms with Crippen LogP contribution in [0, 0.1) is 0 Å². The van der Waals surface area contributed by atoms with Crippen molar-refractivity contribution in [3.63, 3.8) is 0 Å². The van der Waals surface area contributed by atoms with Crippen molar-refractivity contribution in [2.75, 3.05) is 26.2 Å². The van der Waals surface area contributed by atoms with Gasteiger partial charge in [-0.2, -0.15) is 0 Å². The molecule has 2 heterocycles. The molecule has 1 aromatic heterocycles. The van der Waals surface area contributed by atoms with Gasteiger partial charge in [-0.25, -0.2) is 4.98 Å². The maximum absolute atomic E-state index is 12.5. The summed E-state index contributed by atoms with van der Waals surface area (Å²) < 4.78 is 1.72. The van der Waals surface area contributed by atoms with Crippen molar-refractivity contribution in [3.8, 4) is 0 Å². The Kier molecular flexibility index (Phi) is 4.03. The van der Waals surface area contributed by atoms with Gasteiger partial charge in [0.25, 0.3) is 5.56 Å². The van der Waals surface area contributed by atoms with E-state index in [2.05, 4.69) is 28.6 Å². The number of fused-ring (bicyclic) bond motifs is 1. The van der Waals surface area contributed by atoms with Gasteiger partial charge in [-0.15, -0.1) is 0 Å². The fourth-order valence-corrected chi connectivity index (χ4v) is 2.84. The predicted molar refractivity (Wildman–Crippen MR) is 84.3 cm³/mol. The standard InChI is InChI=1S/C16H22N4O/c1-13(2)19-9-7-18(8-10-19)12-20-11-17-15-6-4-3-5-14(15)16(20)21/h3-6,11,13H,7-10,12H2,1-2H3. The van der Waals surface area contributed by atoms with Gasteiger partial charge in [0.1, 0.15) is 0 Å². The van der Waals surface area contributed by atoms with E-state index in [1.165, 1.54) is 0 Å². The zero-order valence-electron chi connectivity index (χ0n) is 12.7. The third-order valence-electron chi connectivity index (χ3n) is 4.22. The number of rotatable bonds is 3. The molecule has 1 saturated heterocycles. The first kappa shape index (κ1) is 14.2. The van der Waals surface area contributed by atoms with E-state index in [0.29, 0.717) is 18.1 Å². The van der Waals surface area contributed by atoms with Crippen LogP contribution in [0.25, 0.3) is 10.9 Å². The molecule has 0 bridgehead atoms. The van der Waals surface area contributed by atoms with Gasteiger partial charge < -0.3 is 0 Å². The largest absolute Gasteiger partial charge is 0.298 e. The minimum absolute atomic E-state index is 0.0480. The van der Waals surface area contributed by atoms with Gasteiger partial charge in [-0.1, -0.05) is 12.1 Å². The molecular weight excluding hydrogens is 264 g/mol. The molecule has 5 heteroatoms. The van der Waals surface area contributed by atoms with Gasteiger partial charge in [0.05, 0.1) is 23.9 Å². The summed E-state index contributed by atoms with van der Waals surface area (Å²) in [4.78, 5) is 21.6. The van der Waals surface area contributed by atoms with E-state index in [1.807, 2.05) is 24.3 Å². The van der Waals surface area contributed by atoms with Crippen LogP contribution in [0.4, 0.5) is 0 Å². The molecule has 0 amide bonds. The Morgan fingerprint density at radius 2 is 1.86 bits per heavy atom. The lowest BCUT2D eigenvalue weighted by Crippen LogP contribution is -2.49. The summed E-state index contributed by atoms with van der Waals surface area (Å²) in [5.74, 6) is 0. The first-order valence-electron chi connectivity index (χ1n) is 7.56. The highest BCUT2D eigenvalue weighted by atomic mass is 16.1. The van der Waals surface area contributed by atoms with E-state index in [4.69, 9.17) is 0 Å². The predicted octanol–water partition coefficient (Wildman–Crippen LogP) is 1.38. The van der Waals surface area contributed by atoms with Crippen molar-refractivity contribution < 1.29 is 0 Å². The van der Waals surface area contributed by atoms with E-state index in [1.54, 1.807) is 10.9 Å². The molecule has 0 saturated carbocycles. The molecule has 1 fully saturated rings. The molecule has 112 valence electrons. The molecule has 5 nitrogen and oxygen atoms in total. The van der Waals surface area contributed by atoms with Crippen molar-refractivity contribution in [3.05, 3.63) is 40.9 Å². The minimum atomic E-state index is 0.0480. The molecule has 0 radical (unpaired) electrons. The van der Waals surface area contributed by atoms with Crippen LogP contribution < -0.4 is 5.56 Å². The third-order valence-corrected chi connectivity index (χ3v) is 4.22. The zero-order chi connectivity index (χ0) is 14.8. The van der Waals surface area contributed by atoms with Crippen LogP contribution in [0.1, 0.15) is 13.8 Å². The van der Waals surface area contributed by atoms with Crippen LogP contribution >= 0.6 is 0 Å². The lowest BCUT2D eigenvalue weighted by Gasteiger charge is -2.36. The summed E-state index contributed by atoms with van der Waals surface area (Å²) >= 11 is 0. The van der Waals surface area contributed by atoms with Crippen molar-refractivity contribution in [2.24, 2.45) is 0 Å². The zero-order valence-corrected chi connectivity index (χ0v) is 12.7. The maximum Gasteiger partial charge on any atom is 0.262 e. The Balaban J connectivity index is 1.74. The molecule has 1 aliphatic rings. The van der Waals surface area contributed by atoms with Crippen molar-refractivity contribution in [2.45, 2.75) is 26.6 Å². The molecule has 0 unspecified atom stereocenters. The van der Waals surface area contributed by atoms with Crippen LogP contribution in [-0.4, -0.2) is 51.6 Å². The second-order valence-electron chi connectivity index (χ2n) is 5.93. The summed E-state index contributed by atoms with van der Waals surface area (Å²) in [6, 6.07) is 8.11. The molecule has 0 atom stereocenters. The van der Waals surface area contributed by atoms with Crippen LogP contribution in [0.15, 0.2) is 35.4 Å². The first-order chi connectivity index (χ1) is 10.1. The van der Waals surface area contributed by atoms with Gasteiger partial charge in [0.2, 0.25) is 0 Å². The molecule has 21 heavy (non-hydrogen) atoms. The summed E-state index contributed by atoms with van der Waals surface area (Å²) in [5, 5.41) is 0.695. The smallest absolute Gasteiger partial charge is 0.262 e. The van der Waals surface area contributed by atoms with E-state index < -0.39 is 0 Å². The fraction of sp³-hybridized carbons (Fsp3) is 0.500. The number of hydrogen-bond donors (Lipinski definition) is 0. The molecule has 2 aromatic rings. The van der Waals surface area contributed by atoms with Gasteiger partial charge >= 0.3 is 0 Å². The van der Waals surface area contributed by atoms with Gasteiger partial charge in [-0.3, -0.25) is 19.2 Å². The van der Waals surface area contributed by atoms with E-state index in [9.17, 15) is 4.79 Å². The van der Waals surface area contributed by atoms with Crippen LogP contribution in [0.5, 0.6) is 0 Å². The van der Waals surface area contributed by atoms with Crippen molar-refractivity contribution >= 4 is 10.9 Å². The molecule has 1 aromatic carbocycles. The lowest BCUT2D eigenvalue weighted by molar-refractivity contribution is 0.0868. The van der Waals surface area contributed by atoms with E-state index in [-0.39, 0.29) is 5.56 Å². The highest BCUT2D eigenvalue weighted by Crippen LogP contribution is 2.08. The molecule has 0 aliphatic carbocycles. The summed E-state index contributed by atoms with van der Waals surface area (Å²) in [6.45, 7) is 9.21. The lowest BCUT2D eigenvalue weighted by atomic mass is 10.2. The molecule has 3 rings (SSSR count). The summed E-state index contributed by atoms with van der Waals surface area (Å²) in [5.41, 5.74) is 0.815. The summed E-state index contributed by atoms with van der Waals surface area (Å²) in [6.07, 6.45) is 1.67. The Labute approximate surface area is 124 Å². The Morgan fingerprint density at radius 3 is 2.57 bits per heavy atom. The summed E-state index contributed by atoms with van der Waals surface area (Å²) in [7, 11) is 0. The number of nitrogens with zero attached hydrogens (tertiary/aromatic N) is 4. The monoisotopic (exact) mass is 286 g/mol. The molecular formula is C16H22N4O. The SMILES string of the molecule is CC(C)N1CCN(Cn2cnc3ccccc3c2=O)CC1. The van der Waals surface area contributed by atoms with Crippen LogP contribution in [0.2, 0.25) is 0 Å². The highest BCUT2D eigenvalue weighted by molar-refractivity contribution is 5.76. The topological polar surface area (TPSA) is 41.4 Å².